The van der Waals surface area contributed by atoms with Crippen LogP contribution < -0.4 is 0 Å². The molecule has 0 aliphatic carbocycles. The first-order chi connectivity index (χ1) is 8.63. The minimum atomic E-state index is -0.544. The van der Waals surface area contributed by atoms with E-state index in [1.165, 1.54) is 19.3 Å². The molecule has 0 aromatic carbocycles. The summed E-state index contributed by atoms with van der Waals surface area (Å²) in [6, 6.07) is 0.472. The molecule has 0 spiro atoms. The van der Waals surface area contributed by atoms with Crippen molar-refractivity contribution in [3.8, 4) is 0 Å². The molecule has 2 atom stereocenters. The van der Waals surface area contributed by atoms with Gasteiger partial charge in [0.15, 0.2) is 0 Å². The smallest absolute Gasteiger partial charge is 0.0900 e. The van der Waals surface area contributed by atoms with Crippen molar-refractivity contribution in [3.05, 3.63) is 0 Å². The van der Waals surface area contributed by atoms with E-state index in [0.717, 1.165) is 45.4 Å². The van der Waals surface area contributed by atoms with Crippen molar-refractivity contribution < 1.29 is 10.2 Å². The molecule has 2 rings (SSSR count). The van der Waals surface area contributed by atoms with Crippen LogP contribution >= 0.6 is 0 Å². The largest absolute Gasteiger partial charge is 0.396 e. The van der Waals surface area contributed by atoms with Gasteiger partial charge in [0.1, 0.15) is 0 Å². The Morgan fingerprint density at radius 1 is 1.22 bits per heavy atom. The molecule has 106 valence electrons. The van der Waals surface area contributed by atoms with E-state index in [0.29, 0.717) is 6.04 Å². The molecule has 4 nitrogen and oxygen atoms in total. The summed E-state index contributed by atoms with van der Waals surface area (Å²) < 4.78 is 0. The number of nitrogens with zero attached hydrogens (tertiary/aromatic N) is 2. The Morgan fingerprint density at radius 3 is 2.78 bits per heavy atom. The van der Waals surface area contributed by atoms with Gasteiger partial charge in [0, 0.05) is 25.7 Å². The van der Waals surface area contributed by atoms with Crippen molar-refractivity contribution in [3.63, 3.8) is 0 Å². The molecule has 0 unspecified atom stereocenters. The van der Waals surface area contributed by atoms with Crippen LogP contribution in [-0.2, 0) is 0 Å². The first-order valence-corrected chi connectivity index (χ1v) is 7.39. The van der Waals surface area contributed by atoms with Gasteiger partial charge < -0.3 is 15.1 Å². The van der Waals surface area contributed by atoms with E-state index in [1.807, 2.05) is 0 Å². The fraction of sp³-hybridized carbons (Fsp3) is 1.00. The second-order valence-electron chi connectivity index (χ2n) is 6.20. The fourth-order valence-electron chi connectivity index (χ4n) is 3.59. The Kier molecular flexibility index (Phi) is 5.01. The topological polar surface area (TPSA) is 46.9 Å². The third kappa shape index (κ3) is 3.67. The van der Waals surface area contributed by atoms with Crippen molar-refractivity contribution in [2.24, 2.45) is 0 Å². The van der Waals surface area contributed by atoms with Gasteiger partial charge in [-0.15, -0.1) is 0 Å². The van der Waals surface area contributed by atoms with E-state index < -0.39 is 5.60 Å². The molecule has 2 aliphatic heterocycles. The van der Waals surface area contributed by atoms with Gasteiger partial charge in [-0.2, -0.15) is 0 Å². The number of likely N-dealkylation sites (N-methyl/N-ethyl adjacent to an activating group) is 1. The summed E-state index contributed by atoms with van der Waals surface area (Å²) in [5, 5.41) is 19.9. The second kappa shape index (κ2) is 6.33. The molecule has 2 fully saturated rings. The number of aliphatic hydroxyl groups is 2. The molecule has 0 aromatic rings. The minimum absolute atomic E-state index is 0.263. The SMILES string of the molecule is CN1CCC[C@@](O)(CN2CCCC[C@@H]2CCO)C1. The predicted molar refractivity (Wildman–Crippen MR) is 72.6 cm³/mol. The molecule has 0 saturated carbocycles. The zero-order valence-electron chi connectivity index (χ0n) is 11.6. The van der Waals surface area contributed by atoms with Gasteiger partial charge in [0.2, 0.25) is 0 Å². The minimum Gasteiger partial charge on any atom is -0.396 e. The molecule has 2 N–H and O–H groups in total. The Bertz CT molecular complexity index is 260. The Labute approximate surface area is 111 Å². The van der Waals surface area contributed by atoms with E-state index in [2.05, 4.69) is 16.8 Å². The number of likely N-dealkylation sites (tertiary alicyclic amines) is 2. The van der Waals surface area contributed by atoms with Gasteiger partial charge in [0.25, 0.3) is 0 Å². The third-order valence-electron chi connectivity index (χ3n) is 4.46. The number of hydrogen-bond donors (Lipinski definition) is 2. The Morgan fingerprint density at radius 2 is 2.06 bits per heavy atom. The number of hydrogen-bond acceptors (Lipinski definition) is 4. The van der Waals surface area contributed by atoms with Crippen LogP contribution in [0.1, 0.15) is 38.5 Å². The molecular weight excluding hydrogens is 228 g/mol. The highest BCUT2D eigenvalue weighted by Crippen LogP contribution is 2.26. The lowest BCUT2D eigenvalue weighted by molar-refractivity contribution is -0.0614. The maximum Gasteiger partial charge on any atom is 0.0900 e. The second-order valence-corrected chi connectivity index (χ2v) is 6.20. The standard InChI is InChI=1S/C14H28N2O2/c1-15-8-4-7-14(18,11-15)12-16-9-3-2-5-13(16)6-10-17/h13,17-18H,2-12H2,1H3/t13-,14+/m1/s1. The third-order valence-corrected chi connectivity index (χ3v) is 4.46. The average Bonchev–Trinajstić information content (AvgIpc) is 2.31. The van der Waals surface area contributed by atoms with Crippen LogP contribution in [-0.4, -0.2) is 71.5 Å². The van der Waals surface area contributed by atoms with Gasteiger partial charge in [-0.3, -0.25) is 4.90 Å². The quantitative estimate of drug-likeness (QED) is 0.776. The molecular formula is C14H28N2O2. The Balaban J connectivity index is 1.92. The van der Waals surface area contributed by atoms with Crippen LogP contribution in [0.15, 0.2) is 0 Å². The summed E-state index contributed by atoms with van der Waals surface area (Å²) >= 11 is 0. The highest BCUT2D eigenvalue weighted by Gasteiger charge is 2.36. The van der Waals surface area contributed by atoms with Crippen LogP contribution in [0.5, 0.6) is 0 Å². The highest BCUT2D eigenvalue weighted by atomic mass is 16.3. The summed E-state index contributed by atoms with van der Waals surface area (Å²) in [7, 11) is 2.09. The molecule has 4 heteroatoms. The lowest BCUT2D eigenvalue weighted by atomic mass is 9.90. The van der Waals surface area contributed by atoms with Gasteiger partial charge in [0.05, 0.1) is 5.60 Å². The van der Waals surface area contributed by atoms with Gasteiger partial charge in [-0.25, -0.2) is 0 Å². The van der Waals surface area contributed by atoms with Crippen LogP contribution in [0.25, 0.3) is 0 Å². The summed E-state index contributed by atoms with van der Waals surface area (Å²) in [6.07, 6.45) is 6.52. The maximum atomic E-state index is 10.7. The van der Waals surface area contributed by atoms with Crippen molar-refractivity contribution in [1.29, 1.82) is 0 Å². The molecule has 2 saturated heterocycles. The van der Waals surface area contributed by atoms with E-state index in [9.17, 15) is 5.11 Å². The van der Waals surface area contributed by atoms with Gasteiger partial charge >= 0.3 is 0 Å². The normalized spacial score (nSPS) is 35.8. The zero-order valence-corrected chi connectivity index (χ0v) is 11.6. The van der Waals surface area contributed by atoms with Crippen molar-refractivity contribution >= 4 is 0 Å². The monoisotopic (exact) mass is 256 g/mol. The predicted octanol–water partition coefficient (Wildman–Crippen LogP) is 0.680. The van der Waals surface area contributed by atoms with Crippen LogP contribution in [0, 0.1) is 0 Å². The lowest BCUT2D eigenvalue weighted by Gasteiger charge is -2.44. The van der Waals surface area contributed by atoms with Crippen molar-refractivity contribution in [1.82, 2.24) is 9.80 Å². The van der Waals surface area contributed by atoms with Crippen molar-refractivity contribution in [2.75, 3.05) is 39.8 Å². The first kappa shape index (κ1) is 14.3. The highest BCUT2D eigenvalue weighted by molar-refractivity contribution is 4.91. The van der Waals surface area contributed by atoms with E-state index in [4.69, 9.17) is 5.11 Å². The van der Waals surface area contributed by atoms with Crippen LogP contribution in [0.2, 0.25) is 0 Å². The molecule has 0 aromatic heterocycles. The van der Waals surface area contributed by atoms with Gasteiger partial charge in [-0.1, -0.05) is 6.42 Å². The number of β-amino-alcohol motifs (C(OH)–C–C–N with tert-alkyl or cyclic N) is 1. The van der Waals surface area contributed by atoms with E-state index in [-0.39, 0.29) is 6.61 Å². The first-order valence-electron chi connectivity index (χ1n) is 7.39. The summed E-state index contributed by atoms with van der Waals surface area (Å²) in [5.41, 5.74) is -0.544. The molecule has 18 heavy (non-hydrogen) atoms. The summed E-state index contributed by atoms with van der Waals surface area (Å²) in [5.74, 6) is 0. The van der Waals surface area contributed by atoms with Crippen LogP contribution in [0.3, 0.4) is 0 Å². The zero-order chi connectivity index (χ0) is 13.0. The summed E-state index contributed by atoms with van der Waals surface area (Å²) in [4.78, 5) is 4.65. The molecule has 2 heterocycles. The fourth-order valence-corrected chi connectivity index (χ4v) is 3.59. The number of piperidine rings is 2. The number of rotatable bonds is 4. The van der Waals surface area contributed by atoms with E-state index in [1.54, 1.807) is 0 Å². The lowest BCUT2D eigenvalue weighted by Crippen LogP contribution is -2.56. The maximum absolute atomic E-state index is 10.7. The molecule has 0 radical (unpaired) electrons. The molecule has 2 aliphatic rings. The molecule has 0 amide bonds. The molecule has 0 bridgehead atoms. The van der Waals surface area contributed by atoms with Crippen LogP contribution in [0.4, 0.5) is 0 Å². The van der Waals surface area contributed by atoms with Crippen molar-refractivity contribution in [2.45, 2.75) is 50.2 Å². The van der Waals surface area contributed by atoms with E-state index >= 15 is 0 Å². The average molecular weight is 256 g/mol. The van der Waals surface area contributed by atoms with Gasteiger partial charge in [-0.05, 0) is 52.2 Å². The summed E-state index contributed by atoms with van der Waals surface area (Å²) in [6.45, 7) is 4.01. The Hall–Kier alpha value is -0.160. The number of aliphatic hydroxyl groups excluding tert-OH is 1.